The van der Waals surface area contributed by atoms with E-state index in [-0.39, 0.29) is 22.7 Å². The van der Waals surface area contributed by atoms with Crippen LogP contribution >= 0.6 is 11.8 Å². The van der Waals surface area contributed by atoms with E-state index in [2.05, 4.69) is 15.5 Å². The molecule has 0 unspecified atom stereocenters. The van der Waals surface area contributed by atoms with Gasteiger partial charge in [0.1, 0.15) is 5.75 Å². The van der Waals surface area contributed by atoms with Crippen LogP contribution < -0.4 is 10.1 Å². The highest BCUT2D eigenvalue weighted by molar-refractivity contribution is 8.00. The molecular formula is C18H16N4O5S. The number of nitrogens with zero attached hydrogens (tertiary/aromatic N) is 3. The third kappa shape index (κ3) is 4.46. The maximum absolute atomic E-state index is 12.4. The number of carbonyl (C=O) groups excluding carboxylic acids is 1. The zero-order valence-electron chi connectivity index (χ0n) is 15.0. The maximum Gasteiger partial charge on any atom is 0.277 e. The minimum Gasteiger partial charge on any atom is -0.495 e. The number of para-hydroxylation sites is 2. The molecule has 0 saturated heterocycles. The lowest BCUT2D eigenvalue weighted by atomic mass is 10.2. The molecule has 1 heterocycles. The average molecular weight is 400 g/mol. The van der Waals surface area contributed by atoms with Crippen molar-refractivity contribution in [1.82, 2.24) is 10.2 Å². The number of amides is 1. The summed E-state index contributed by atoms with van der Waals surface area (Å²) < 4.78 is 10.7. The minimum atomic E-state index is -0.525. The number of methoxy groups -OCH3 is 1. The molecule has 10 heteroatoms. The first-order valence-electron chi connectivity index (χ1n) is 8.17. The van der Waals surface area contributed by atoms with Gasteiger partial charge in [-0.05, 0) is 25.1 Å². The van der Waals surface area contributed by atoms with E-state index in [1.54, 1.807) is 37.3 Å². The molecule has 3 rings (SSSR count). The molecule has 0 aliphatic rings. The Labute approximate surface area is 164 Å². The second kappa shape index (κ2) is 8.53. The molecule has 1 aromatic heterocycles. The predicted octanol–water partition coefficient (Wildman–Crippen LogP) is 3.77. The fourth-order valence-electron chi connectivity index (χ4n) is 2.31. The molecule has 1 atom stereocenters. The molecule has 0 aliphatic heterocycles. The van der Waals surface area contributed by atoms with Crippen LogP contribution in [0.3, 0.4) is 0 Å². The van der Waals surface area contributed by atoms with Gasteiger partial charge in [0.2, 0.25) is 11.8 Å². The molecule has 0 fully saturated rings. The lowest BCUT2D eigenvalue weighted by molar-refractivity contribution is -0.384. The molecule has 2 aromatic carbocycles. The molecule has 1 N–H and O–H groups in total. The van der Waals surface area contributed by atoms with E-state index >= 15 is 0 Å². The first-order valence-corrected chi connectivity index (χ1v) is 9.04. The summed E-state index contributed by atoms with van der Waals surface area (Å²) in [5, 5.41) is 21.1. The van der Waals surface area contributed by atoms with E-state index in [0.29, 0.717) is 17.0 Å². The quantitative estimate of drug-likeness (QED) is 0.361. The van der Waals surface area contributed by atoms with E-state index in [9.17, 15) is 14.9 Å². The van der Waals surface area contributed by atoms with Gasteiger partial charge in [-0.1, -0.05) is 30.0 Å². The third-order valence-corrected chi connectivity index (χ3v) is 4.66. The highest BCUT2D eigenvalue weighted by Gasteiger charge is 2.20. The molecule has 144 valence electrons. The standard InChI is InChI=1S/C18H16N4O5S/c1-11(16(23)19-14-8-3-4-9-15(14)26-2)28-18-21-20-17(27-18)12-6-5-7-13(10-12)22(24)25/h3-11H,1-2H3,(H,19,23)/t11-/m1/s1. The highest BCUT2D eigenvalue weighted by Crippen LogP contribution is 2.29. The molecule has 0 bridgehead atoms. The van der Waals surface area contributed by atoms with Gasteiger partial charge >= 0.3 is 0 Å². The number of carbonyl (C=O) groups is 1. The van der Waals surface area contributed by atoms with Crippen LogP contribution in [-0.4, -0.2) is 33.4 Å². The number of rotatable bonds is 7. The number of hydrogen-bond acceptors (Lipinski definition) is 8. The Morgan fingerprint density at radius 2 is 2.04 bits per heavy atom. The van der Waals surface area contributed by atoms with Gasteiger partial charge in [0, 0.05) is 17.7 Å². The van der Waals surface area contributed by atoms with E-state index in [1.165, 1.54) is 25.3 Å². The number of nitro groups is 1. The zero-order chi connectivity index (χ0) is 20.1. The first-order chi connectivity index (χ1) is 13.5. The Morgan fingerprint density at radius 1 is 1.25 bits per heavy atom. The zero-order valence-corrected chi connectivity index (χ0v) is 15.8. The molecule has 9 nitrogen and oxygen atoms in total. The molecule has 0 saturated carbocycles. The normalized spacial score (nSPS) is 11.6. The topological polar surface area (TPSA) is 120 Å². The van der Waals surface area contributed by atoms with Crippen molar-refractivity contribution in [2.24, 2.45) is 0 Å². The second-order valence-electron chi connectivity index (χ2n) is 5.63. The smallest absolute Gasteiger partial charge is 0.277 e. The highest BCUT2D eigenvalue weighted by atomic mass is 32.2. The van der Waals surface area contributed by atoms with E-state index in [0.717, 1.165) is 11.8 Å². The Hall–Kier alpha value is -3.40. The lowest BCUT2D eigenvalue weighted by Gasteiger charge is -2.12. The van der Waals surface area contributed by atoms with Gasteiger partial charge in [-0.3, -0.25) is 14.9 Å². The van der Waals surface area contributed by atoms with Crippen LogP contribution in [0.4, 0.5) is 11.4 Å². The van der Waals surface area contributed by atoms with Crippen LogP contribution in [0.25, 0.3) is 11.5 Å². The van der Waals surface area contributed by atoms with Gasteiger partial charge in [-0.25, -0.2) is 0 Å². The van der Waals surface area contributed by atoms with Crippen LogP contribution in [0.15, 0.2) is 58.2 Å². The Morgan fingerprint density at radius 3 is 2.79 bits per heavy atom. The summed E-state index contributed by atoms with van der Waals surface area (Å²) in [6.45, 7) is 1.70. The largest absolute Gasteiger partial charge is 0.495 e. The number of non-ortho nitro benzene ring substituents is 1. The van der Waals surface area contributed by atoms with Crippen molar-refractivity contribution in [2.45, 2.75) is 17.4 Å². The van der Waals surface area contributed by atoms with Crippen molar-refractivity contribution < 1.29 is 18.9 Å². The molecule has 3 aromatic rings. The van der Waals surface area contributed by atoms with Crippen molar-refractivity contribution in [3.8, 4) is 17.2 Å². The summed E-state index contributed by atoms with van der Waals surface area (Å²) in [5.74, 6) is 0.437. The van der Waals surface area contributed by atoms with Crippen LogP contribution in [0.5, 0.6) is 5.75 Å². The fraction of sp³-hybridized carbons (Fsp3) is 0.167. The van der Waals surface area contributed by atoms with Crippen molar-refractivity contribution in [3.05, 3.63) is 58.6 Å². The number of nitrogens with one attached hydrogen (secondary N) is 1. The van der Waals surface area contributed by atoms with Gasteiger partial charge in [0.05, 0.1) is 23.0 Å². The van der Waals surface area contributed by atoms with Crippen LogP contribution in [0, 0.1) is 10.1 Å². The van der Waals surface area contributed by atoms with Crippen LogP contribution in [0.2, 0.25) is 0 Å². The second-order valence-corrected chi connectivity index (χ2v) is 6.92. The summed E-state index contributed by atoms with van der Waals surface area (Å²) >= 11 is 1.08. The molecule has 0 aliphatic carbocycles. The van der Waals surface area contributed by atoms with Crippen molar-refractivity contribution in [1.29, 1.82) is 0 Å². The van der Waals surface area contributed by atoms with Gasteiger partial charge in [-0.15, -0.1) is 10.2 Å². The number of thioether (sulfide) groups is 1. The number of aromatic nitrogens is 2. The summed E-state index contributed by atoms with van der Waals surface area (Å²) in [5.41, 5.74) is 0.916. The Kier molecular flexibility index (Phi) is 5.90. The van der Waals surface area contributed by atoms with E-state index < -0.39 is 10.2 Å². The number of benzene rings is 2. The summed E-state index contributed by atoms with van der Waals surface area (Å²) in [4.78, 5) is 22.8. The monoisotopic (exact) mass is 400 g/mol. The van der Waals surface area contributed by atoms with Gasteiger partial charge in [0.25, 0.3) is 10.9 Å². The molecule has 0 spiro atoms. The van der Waals surface area contributed by atoms with Crippen LogP contribution in [0.1, 0.15) is 6.92 Å². The summed E-state index contributed by atoms with van der Waals surface area (Å²) in [6, 6.07) is 13.0. The number of ether oxygens (including phenoxy) is 1. The van der Waals surface area contributed by atoms with E-state index in [4.69, 9.17) is 9.15 Å². The third-order valence-electron chi connectivity index (χ3n) is 3.72. The van der Waals surface area contributed by atoms with Gasteiger partial charge in [-0.2, -0.15) is 0 Å². The first kappa shape index (κ1) is 19.4. The van der Waals surface area contributed by atoms with Crippen molar-refractivity contribution in [2.75, 3.05) is 12.4 Å². The van der Waals surface area contributed by atoms with Crippen molar-refractivity contribution >= 4 is 29.0 Å². The number of anilines is 1. The van der Waals surface area contributed by atoms with Gasteiger partial charge in [0.15, 0.2) is 0 Å². The Balaban J connectivity index is 1.68. The average Bonchev–Trinajstić information content (AvgIpc) is 3.17. The fourth-order valence-corrected chi connectivity index (χ4v) is 3.00. The molecule has 0 radical (unpaired) electrons. The molecule has 1 amide bonds. The van der Waals surface area contributed by atoms with Crippen LogP contribution in [-0.2, 0) is 4.79 Å². The maximum atomic E-state index is 12.4. The Bertz CT molecular complexity index is 1010. The van der Waals surface area contributed by atoms with Gasteiger partial charge < -0.3 is 14.5 Å². The van der Waals surface area contributed by atoms with Crippen molar-refractivity contribution in [3.63, 3.8) is 0 Å². The summed E-state index contributed by atoms with van der Waals surface area (Å²) in [6.07, 6.45) is 0. The molecular weight excluding hydrogens is 384 g/mol. The number of hydrogen-bond donors (Lipinski definition) is 1. The SMILES string of the molecule is COc1ccccc1NC(=O)[C@@H](C)Sc1nnc(-c2cccc([N+](=O)[O-])c2)o1. The minimum absolute atomic E-state index is 0.0746. The predicted molar refractivity (Wildman–Crippen MR) is 103 cm³/mol. The summed E-state index contributed by atoms with van der Waals surface area (Å²) in [7, 11) is 1.52. The molecule has 28 heavy (non-hydrogen) atoms. The number of nitro benzene ring substituents is 1. The van der Waals surface area contributed by atoms with E-state index in [1.807, 2.05) is 0 Å². The lowest BCUT2D eigenvalue weighted by Crippen LogP contribution is -2.22.